The van der Waals surface area contributed by atoms with E-state index in [2.05, 4.69) is 20.6 Å². The Morgan fingerprint density at radius 1 is 1.22 bits per heavy atom. The third kappa shape index (κ3) is 2.41. The molecule has 1 aliphatic rings. The van der Waals surface area contributed by atoms with Crippen LogP contribution in [0.15, 0.2) is 0 Å². The predicted molar refractivity (Wildman–Crippen MR) is 73.1 cm³/mol. The monoisotopic (exact) mass is 250 g/mol. The number of aromatic nitrogens is 2. The first-order valence-corrected chi connectivity index (χ1v) is 6.42. The summed E-state index contributed by atoms with van der Waals surface area (Å²) in [5, 5.41) is 6.50. The highest BCUT2D eigenvalue weighted by atomic mass is 16.5. The number of aryl methyl sites for hydroxylation is 1. The number of nitrogens with zero attached hydrogens (tertiary/aromatic N) is 2. The molecule has 1 aliphatic carbocycles. The quantitative estimate of drug-likeness (QED) is 0.838. The van der Waals surface area contributed by atoms with E-state index in [1.165, 1.54) is 6.42 Å². The molecule has 0 unspecified atom stereocenters. The summed E-state index contributed by atoms with van der Waals surface area (Å²) in [6.07, 6.45) is 3.50. The molecule has 0 aliphatic heterocycles. The molecule has 1 fully saturated rings. The lowest BCUT2D eigenvalue weighted by Gasteiger charge is -2.40. The molecule has 5 heteroatoms. The number of nitrogens with one attached hydrogen (secondary N) is 2. The summed E-state index contributed by atoms with van der Waals surface area (Å²) >= 11 is 0. The van der Waals surface area contributed by atoms with Gasteiger partial charge in [-0.1, -0.05) is 0 Å². The highest BCUT2D eigenvalue weighted by molar-refractivity contribution is 5.57. The first-order valence-electron chi connectivity index (χ1n) is 6.42. The van der Waals surface area contributed by atoms with Crippen LogP contribution in [0.3, 0.4) is 0 Å². The van der Waals surface area contributed by atoms with Gasteiger partial charge >= 0.3 is 0 Å². The Labute approximate surface area is 108 Å². The van der Waals surface area contributed by atoms with Crippen LogP contribution in [0.2, 0.25) is 0 Å². The van der Waals surface area contributed by atoms with Gasteiger partial charge in [0, 0.05) is 26.3 Å². The molecule has 0 aromatic carbocycles. The molecule has 0 bridgehead atoms. The Hall–Kier alpha value is -1.36. The molecule has 5 nitrogen and oxygen atoms in total. The Morgan fingerprint density at radius 3 is 2.39 bits per heavy atom. The number of anilines is 2. The first-order chi connectivity index (χ1) is 8.60. The highest BCUT2D eigenvalue weighted by Gasteiger charge is 2.36. The molecule has 0 saturated heterocycles. The average Bonchev–Trinajstić information content (AvgIpc) is 2.32. The van der Waals surface area contributed by atoms with Gasteiger partial charge in [-0.3, -0.25) is 0 Å². The van der Waals surface area contributed by atoms with Crippen molar-refractivity contribution >= 4 is 11.6 Å². The molecule has 18 heavy (non-hydrogen) atoms. The second-order valence-electron chi connectivity index (χ2n) is 4.94. The van der Waals surface area contributed by atoms with E-state index >= 15 is 0 Å². The van der Waals surface area contributed by atoms with Gasteiger partial charge in [-0.2, -0.15) is 0 Å². The molecule has 100 valence electrons. The van der Waals surface area contributed by atoms with Gasteiger partial charge in [0.05, 0.1) is 5.60 Å². The molecule has 1 aromatic heterocycles. The Bertz CT molecular complexity index is 424. The fourth-order valence-electron chi connectivity index (χ4n) is 2.31. The Morgan fingerprint density at radius 2 is 1.89 bits per heavy atom. The summed E-state index contributed by atoms with van der Waals surface area (Å²) in [4.78, 5) is 8.82. The summed E-state index contributed by atoms with van der Waals surface area (Å²) in [5.41, 5.74) is 1.05. The standard InChI is InChI=1S/C13H22N4O/c1-9-11(14-3)16-10(2)17-12(9)15-8-13(18-4)6-5-7-13/h5-8H2,1-4H3,(H2,14,15,16,17). The smallest absolute Gasteiger partial charge is 0.134 e. The summed E-state index contributed by atoms with van der Waals surface area (Å²) < 4.78 is 5.60. The van der Waals surface area contributed by atoms with Crippen molar-refractivity contribution in [1.29, 1.82) is 0 Å². The van der Waals surface area contributed by atoms with E-state index in [1.807, 2.05) is 20.9 Å². The number of hydrogen-bond donors (Lipinski definition) is 2. The lowest BCUT2D eigenvalue weighted by atomic mass is 9.80. The molecular formula is C13H22N4O. The first kappa shape index (κ1) is 13.1. The van der Waals surface area contributed by atoms with Crippen LogP contribution in [0.25, 0.3) is 0 Å². The van der Waals surface area contributed by atoms with Crippen molar-refractivity contribution in [1.82, 2.24) is 9.97 Å². The molecule has 0 amide bonds. The van der Waals surface area contributed by atoms with E-state index in [0.717, 1.165) is 42.4 Å². The van der Waals surface area contributed by atoms with Crippen LogP contribution in [-0.2, 0) is 4.74 Å². The maximum atomic E-state index is 5.60. The molecule has 2 rings (SSSR count). The average molecular weight is 250 g/mol. The van der Waals surface area contributed by atoms with E-state index in [0.29, 0.717) is 0 Å². The molecule has 0 spiro atoms. The van der Waals surface area contributed by atoms with Gasteiger partial charge in [0.25, 0.3) is 0 Å². The van der Waals surface area contributed by atoms with Gasteiger partial charge in [-0.05, 0) is 33.1 Å². The topological polar surface area (TPSA) is 59.1 Å². The van der Waals surface area contributed by atoms with E-state index in [1.54, 1.807) is 7.11 Å². The molecule has 2 N–H and O–H groups in total. The summed E-state index contributed by atoms with van der Waals surface area (Å²) in [7, 11) is 3.67. The zero-order valence-corrected chi connectivity index (χ0v) is 11.6. The maximum Gasteiger partial charge on any atom is 0.134 e. The van der Waals surface area contributed by atoms with Gasteiger partial charge in [0.15, 0.2) is 0 Å². The van der Waals surface area contributed by atoms with Crippen LogP contribution in [0, 0.1) is 13.8 Å². The number of rotatable bonds is 5. The van der Waals surface area contributed by atoms with Gasteiger partial charge in [0.1, 0.15) is 17.5 Å². The van der Waals surface area contributed by atoms with E-state index in [9.17, 15) is 0 Å². The lowest BCUT2D eigenvalue weighted by molar-refractivity contribution is -0.0601. The largest absolute Gasteiger partial charge is 0.376 e. The van der Waals surface area contributed by atoms with Gasteiger partial charge < -0.3 is 15.4 Å². The molecule has 0 radical (unpaired) electrons. The fourth-order valence-corrected chi connectivity index (χ4v) is 2.31. The second kappa shape index (κ2) is 5.10. The molecule has 1 aromatic rings. The third-order valence-corrected chi connectivity index (χ3v) is 3.77. The predicted octanol–water partition coefficient (Wildman–Crippen LogP) is 2.12. The summed E-state index contributed by atoms with van der Waals surface area (Å²) in [6.45, 7) is 4.73. The normalized spacial score (nSPS) is 17.1. The molecule has 1 saturated carbocycles. The van der Waals surface area contributed by atoms with E-state index in [-0.39, 0.29) is 5.60 Å². The van der Waals surface area contributed by atoms with Crippen molar-refractivity contribution in [2.45, 2.75) is 38.7 Å². The van der Waals surface area contributed by atoms with E-state index < -0.39 is 0 Å². The number of ether oxygens (including phenoxy) is 1. The van der Waals surface area contributed by atoms with Crippen molar-refractivity contribution in [3.8, 4) is 0 Å². The van der Waals surface area contributed by atoms with Crippen LogP contribution in [0.1, 0.15) is 30.7 Å². The van der Waals surface area contributed by atoms with Gasteiger partial charge in [-0.25, -0.2) is 9.97 Å². The van der Waals surface area contributed by atoms with Crippen LogP contribution < -0.4 is 10.6 Å². The van der Waals surface area contributed by atoms with Crippen LogP contribution in [0.5, 0.6) is 0 Å². The zero-order valence-electron chi connectivity index (χ0n) is 11.6. The molecule has 0 atom stereocenters. The Balaban J connectivity index is 2.11. The van der Waals surface area contributed by atoms with E-state index in [4.69, 9.17) is 4.74 Å². The summed E-state index contributed by atoms with van der Waals surface area (Å²) in [6, 6.07) is 0. The molecule has 1 heterocycles. The van der Waals surface area contributed by atoms with Crippen molar-refractivity contribution in [3.63, 3.8) is 0 Å². The Kier molecular flexibility index (Phi) is 3.71. The van der Waals surface area contributed by atoms with Crippen LogP contribution in [-0.4, -0.2) is 36.3 Å². The number of hydrogen-bond acceptors (Lipinski definition) is 5. The fraction of sp³-hybridized carbons (Fsp3) is 0.692. The summed E-state index contributed by atoms with van der Waals surface area (Å²) in [5.74, 6) is 2.55. The second-order valence-corrected chi connectivity index (χ2v) is 4.94. The highest BCUT2D eigenvalue weighted by Crippen LogP contribution is 2.35. The lowest BCUT2D eigenvalue weighted by Crippen LogP contribution is -2.45. The minimum absolute atomic E-state index is 0.00506. The van der Waals surface area contributed by atoms with Crippen LogP contribution >= 0.6 is 0 Å². The number of methoxy groups -OCH3 is 1. The van der Waals surface area contributed by atoms with Gasteiger partial charge in [-0.15, -0.1) is 0 Å². The molecular weight excluding hydrogens is 228 g/mol. The maximum absolute atomic E-state index is 5.60. The minimum atomic E-state index is 0.00506. The van der Waals surface area contributed by atoms with Crippen molar-refractivity contribution in [2.24, 2.45) is 0 Å². The SMILES string of the molecule is CNc1nc(C)nc(NCC2(OC)CCC2)c1C. The minimum Gasteiger partial charge on any atom is -0.376 e. The van der Waals surface area contributed by atoms with Crippen molar-refractivity contribution in [3.05, 3.63) is 11.4 Å². The third-order valence-electron chi connectivity index (χ3n) is 3.77. The van der Waals surface area contributed by atoms with Gasteiger partial charge in [0.2, 0.25) is 0 Å². The van der Waals surface area contributed by atoms with Crippen molar-refractivity contribution < 1.29 is 4.74 Å². The zero-order chi connectivity index (χ0) is 13.2. The van der Waals surface area contributed by atoms with Crippen LogP contribution in [0.4, 0.5) is 11.6 Å². The van der Waals surface area contributed by atoms with Crippen molar-refractivity contribution in [2.75, 3.05) is 31.3 Å².